The molecule has 0 unspecified atom stereocenters. The number of carbonyl (C=O) groups is 2. The zero-order chi connectivity index (χ0) is 19.0. The number of carbonyl (C=O) groups excluding carboxylic acids is 2. The first-order chi connectivity index (χ1) is 13.1. The highest BCUT2D eigenvalue weighted by molar-refractivity contribution is 6.35. The van der Waals surface area contributed by atoms with E-state index in [1.165, 1.54) is 0 Å². The standard InChI is InChI=1S/C21H20N2O4/c1-26-18-11-15-16(21(25)22-17(15)12-19(18)27-2)10-13-5-3-6-14(9-13)23-8-4-7-20(23)24/h3,5-6,9-12H,4,7-8H2,1-2H3,(H,22,25). The summed E-state index contributed by atoms with van der Waals surface area (Å²) in [6.45, 7) is 0.735. The number of hydrogen-bond acceptors (Lipinski definition) is 4. The van der Waals surface area contributed by atoms with Crippen molar-refractivity contribution in [2.24, 2.45) is 0 Å². The van der Waals surface area contributed by atoms with Crippen LogP contribution in [-0.4, -0.2) is 32.6 Å². The van der Waals surface area contributed by atoms with Crippen molar-refractivity contribution in [3.8, 4) is 11.5 Å². The van der Waals surface area contributed by atoms with Gasteiger partial charge in [-0.15, -0.1) is 0 Å². The van der Waals surface area contributed by atoms with Crippen LogP contribution in [-0.2, 0) is 9.59 Å². The van der Waals surface area contributed by atoms with E-state index in [0.29, 0.717) is 29.2 Å². The van der Waals surface area contributed by atoms with E-state index >= 15 is 0 Å². The zero-order valence-corrected chi connectivity index (χ0v) is 15.2. The molecule has 6 heteroatoms. The van der Waals surface area contributed by atoms with Gasteiger partial charge in [0.05, 0.1) is 19.9 Å². The minimum atomic E-state index is -0.178. The Morgan fingerprint density at radius 2 is 1.85 bits per heavy atom. The quantitative estimate of drug-likeness (QED) is 0.845. The van der Waals surface area contributed by atoms with Crippen molar-refractivity contribution in [3.63, 3.8) is 0 Å². The van der Waals surface area contributed by atoms with Gasteiger partial charge in [-0.1, -0.05) is 12.1 Å². The predicted octanol–water partition coefficient (Wildman–Crippen LogP) is 3.32. The van der Waals surface area contributed by atoms with Crippen LogP contribution >= 0.6 is 0 Å². The van der Waals surface area contributed by atoms with Gasteiger partial charge in [-0.2, -0.15) is 0 Å². The van der Waals surface area contributed by atoms with Crippen LogP contribution in [0.1, 0.15) is 24.0 Å². The van der Waals surface area contributed by atoms with Crippen molar-refractivity contribution in [2.45, 2.75) is 12.8 Å². The number of methoxy groups -OCH3 is 2. The first kappa shape index (κ1) is 17.1. The summed E-state index contributed by atoms with van der Waals surface area (Å²) >= 11 is 0. The van der Waals surface area contributed by atoms with Gasteiger partial charge in [-0.05, 0) is 36.3 Å². The Morgan fingerprint density at radius 3 is 2.56 bits per heavy atom. The minimum Gasteiger partial charge on any atom is -0.493 e. The Labute approximate surface area is 157 Å². The maximum Gasteiger partial charge on any atom is 0.256 e. The lowest BCUT2D eigenvalue weighted by Crippen LogP contribution is -2.23. The largest absolute Gasteiger partial charge is 0.493 e. The van der Waals surface area contributed by atoms with Crippen molar-refractivity contribution in [2.75, 3.05) is 31.0 Å². The van der Waals surface area contributed by atoms with E-state index in [0.717, 1.165) is 29.8 Å². The molecule has 0 spiro atoms. The molecule has 0 aromatic heterocycles. The number of fused-ring (bicyclic) bond motifs is 1. The molecule has 2 amide bonds. The molecule has 2 aliphatic rings. The monoisotopic (exact) mass is 364 g/mol. The summed E-state index contributed by atoms with van der Waals surface area (Å²) in [5.74, 6) is 1.09. The maximum atomic E-state index is 12.5. The Balaban J connectivity index is 1.73. The second-order valence-corrected chi connectivity index (χ2v) is 6.51. The number of rotatable bonds is 4. The van der Waals surface area contributed by atoms with E-state index in [2.05, 4.69) is 5.32 Å². The molecule has 1 fully saturated rings. The second-order valence-electron chi connectivity index (χ2n) is 6.51. The van der Waals surface area contributed by atoms with Crippen LogP contribution in [0.3, 0.4) is 0 Å². The molecule has 0 bridgehead atoms. The Kier molecular flexibility index (Phi) is 4.32. The lowest BCUT2D eigenvalue weighted by Gasteiger charge is -2.16. The van der Waals surface area contributed by atoms with E-state index in [-0.39, 0.29) is 11.8 Å². The average molecular weight is 364 g/mol. The van der Waals surface area contributed by atoms with Crippen molar-refractivity contribution in [3.05, 3.63) is 47.5 Å². The fourth-order valence-corrected chi connectivity index (χ4v) is 3.53. The lowest BCUT2D eigenvalue weighted by molar-refractivity contribution is -0.117. The number of anilines is 2. The van der Waals surface area contributed by atoms with Crippen LogP contribution < -0.4 is 19.7 Å². The third-order valence-corrected chi connectivity index (χ3v) is 4.87. The summed E-state index contributed by atoms with van der Waals surface area (Å²) in [5, 5.41) is 2.86. The number of ether oxygens (including phenoxy) is 2. The first-order valence-corrected chi connectivity index (χ1v) is 8.80. The Bertz CT molecular complexity index is 965. The summed E-state index contributed by atoms with van der Waals surface area (Å²) in [5.41, 5.74) is 3.73. The molecule has 2 aromatic carbocycles. The molecule has 2 aromatic rings. The van der Waals surface area contributed by atoms with Gasteiger partial charge in [-0.25, -0.2) is 0 Å². The highest BCUT2D eigenvalue weighted by Crippen LogP contribution is 2.41. The number of benzene rings is 2. The number of nitrogens with zero attached hydrogens (tertiary/aromatic N) is 1. The molecular formula is C21H20N2O4. The molecule has 0 saturated carbocycles. The molecule has 27 heavy (non-hydrogen) atoms. The van der Waals surface area contributed by atoms with Crippen LogP contribution in [0.2, 0.25) is 0 Å². The van der Waals surface area contributed by atoms with Gasteiger partial charge < -0.3 is 19.7 Å². The van der Waals surface area contributed by atoms with E-state index in [1.807, 2.05) is 30.3 Å². The highest BCUT2D eigenvalue weighted by atomic mass is 16.5. The molecule has 6 nitrogen and oxygen atoms in total. The van der Waals surface area contributed by atoms with Gasteiger partial charge in [0.15, 0.2) is 11.5 Å². The van der Waals surface area contributed by atoms with Crippen molar-refractivity contribution in [1.82, 2.24) is 0 Å². The van der Waals surface area contributed by atoms with Gasteiger partial charge in [0.1, 0.15) is 0 Å². The molecule has 0 aliphatic carbocycles. The second kappa shape index (κ2) is 6.79. The van der Waals surface area contributed by atoms with E-state index in [4.69, 9.17) is 9.47 Å². The molecule has 1 N–H and O–H groups in total. The number of hydrogen-bond donors (Lipinski definition) is 1. The number of nitrogens with one attached hydrogen (secondary N) is 1. The average Bonchev–Trinajstić information content (AvgIpc) is 3.24. The summed E-state index contributed by atoms with van der Waals surface area (Å²) in [6.07, 6.45) is 3.29. The van der Waals surface area contributed by atoms with Gasteiger partial charge >= 0.3 is 0 Å². The molecule has 2 heterocycles. The Morgan fingerprint density at radius 1 is 1.07 bits per heavy atom. The van der Waals surface area contributed by atoms with Crippen LogP contribution in [0, 0.1) is 0 Å². The zero-order valence-electron chi connectivity index (χ0n) is 15.2. The first-order valence-electron chi connectivity index (χ1n) is 8.80. The summed E-state index contributed by atoms with van der Waals surface area (Å²) in [7, 11) is 3.12. The third kappa shape index (κ3) is 3.03. The molecule has 0 radical (unpaired) electrons. The fourth-order valence-electron chi connectivity index (χ4n) is 3.53. The van der Waals surface area contributed by atoms with Crippen molar-refractivity contribution >= 4 is 34.8 Å². The molecule has 2 aliphatic heterocycles. The van der Waals surface area contributed by atoms with Crippen LogP contribution in [0.5, 0.6) is 11.5 Å². The molecule has 4 rings (SSSR count). The summed E-state index contributed by atoms with van der Waals surface area (Å²) in [6, 6.07) is 11.2. The summed E-state index contributed by atoms with van der Waals surface area (Å²) in [4.78, 5) is 26.3. The molecular weight excluding hydrogens is 344 g/mol. The Hall–Kier alpha value is -3.28. The minimum absolute atomic E-state index is 0.139. The van der Waals surface area contributed by atoms with Gasteiger partial charge in [0, 0.05) is 35.9 Å². The van der Waals surface area contributed by atoms with Crippen molar-refractivity contribution < 1.29 is 19.1 Å². The fraction of sp³-hybridized carbons (Fsp3) is 0.238. The van der Waals surface area contributed by atoms with Gasteiger partial charge in [-0.3, -0.25) is 9.59 Å². The maximum absolute atomic E-state index is 12.5. The van der Waals surface area contributed by atoms with E-state index in [1.54, 1.807) is 31.3 Å². The normalized spacial score (nSPS) is 17.3. The van der Waals surface area contributed by atoms with Gasteiger partial charge in [0.2, 0.25) is 5.91 Å². The third-order valence-electron chi connectivity index (χ3n) is 4.87. The topological polar surface area (TPSA) is 67.9 Å². The number of amides is 2. The molecule has 1 saturated heterocycles. The van der Waals surface area contributed by atoms with Gasteiger partial charge in [0.25, 0.3) is 5.91 Å². The lowest BCUT2D eigenvalue weighted by atomic mass is 10.0. The van der Waals surface area contributed by atoms with Crippen LogP contribution in [0.15, 0.2) is 36.4 Å². The molecule has 0 atom stereocenters. The van der Waals surface area contributed by atoms with Crippen LogP contribution in [0.4, 0.5) is 11.4 Å². The molecule has 138 valence electrons. The SMILES string of the molecule is COc1cc2c(cc1OC)C(=Cc1cccc(N3CCCC3=O)c1)C(=O)N2. The summed E-state index contributed by atoms with van der Waals surface area (Å²) < 4.78 is 10.7. The highest BCUT2D eigenvalue weighted by Gasteiger charge is 2.27. The van der Waals surface area contributed by atoms with E-state index in [9.17, 15) is 9.59 Å². The van der Waals surface area contributed by atoms with E-state index < -0.39 is 0 Å². The van der Waals surface area contributed by atoms with Crippen LogP contribution in [0.25, 0.3) is 11.6 Å². The predicted molar refractivity (Wildman–Crippen MR) is 104 cm³/mol. The van der Waals surface area contributed by atoms with Crippen molar-refractivity contribution in [1.29, 1.82) is 0 Å². The smallest absolute Gasteiger partial charge is 0.256 e.